The molecule has 1 unspecified atom stereocenters. The Morgan fingerprint density at radius 1 is 1.43 bits per heavy atom. The number of methoxy groups -OCH3 is 1. The third-order valence-electron chi connectivity index (χ3n) is 3.41. The topological polar surface area (TPSA) is 92.3 Å². The number of aliphatic imine (C=N–C) groups is 1. The van der Waals surface area contributed by atoms with Crippen molar-refractivity contribution in [1.82, 2.24) is 4.90 Å². The number of benzene rings is 1. The van der Waals surface area contributed by atoms with Crippen LogP contribution in [0.5, 0.6) is 5.75 Å². The van der Waals surface area contributed by atoms with E-state index in [-0.39, 0.29) is 36.5 Å². The molecule has 1 heterocycles. The van der Waals surface area contributed by atoms with E-state index in [1.54, 1.807) is 7.11 Å². The number of hydrogen-bond acceptors (Lipinski definition) is 5. The molecule has 8 heteroatoms. The molecule has 1 atom stereocenters. The number of rotatable bonds is 6. The second kappa shape index (κ2) is 10.6. The van der Waals surface area contributed by atoms with Gasteiger partial charge in [0.25, 0.3) is 0 Å². The van der Waals surface area contributed by atoms with Crippen LogP contribution in [0.4, 0.5) is 5.69 Å². The molecule has 1 aromatic rings. The average molecular weight is 436 g/mol. The Hall–Kier alpha value is -1.10. The normalized spacial score (nSPS) is 17.2. The van der Waals surface area contributed by atoms with Crippen LogP contribution in [0, 0.1) is 0 Å². The van der Waals surface area contributed by atoms with Gasteiger partial charge in [-0.15, -0.1) is 24.0 Å². The van der Waals surface area contributed by atoms with Crippen molar-refractivity contribution in [2.45, 2.75) is 6.10 Å². The summed E-state index contributed by atoms with van der Waals surface area (Å²) in [7, 11) is 1.60. The first-order chi connectivity index (χ1) is 10.7. The summed E-state index contributed by atoms with van der Waals surface area (Å²) in [5, 5.41) is 13.0. The van der Waals surface area contributed by atoms with E-state index in [1.807, 2.05) is 24.3 Å². The fraction of sp³-hybridized carbons (Fsp3) is 0.533. The molecule has 0 saturated carbocycles. The lowest BCUT2D eigenvalue weighted by molar-refractivity contribution is 0.0165. The number of halogens is 1. The summed E-state index contributed by atoms with van der Waals surface area (Å²) in [5.41, 5.74) is 6.59. The van der Waals surface area contributed by atoms with E-state index in [2.05, 4.69) is 15.2 Å². The number of morpholine rings is 1. The summed E-state index contributed by atoms with van der Waals surface area (Å²) in [5.74, 6) is 0.944. The van der Waals surface area contributed by atoms with Gasteiger partial charge in [0.1, 0.15) is 5.75 Å². The van der Waals surface area contributed by atoms with Crippen molar-refractivity contribution in [2.24, 2.45) is 10.7 Å². The number of anilines is 1. The van der Waals surface area contributed by atoms with E-state index in [0.717, 1.165) is 18.8 Å². The summed E-state index contributed by atoms with van der Waals surface area (Å²) in [6, 6.07) is 7.45. The second-order valence-corrected chi connectivity index (χ2v) is 5.12. The summed E-state index contributed by atoms with van der Waals surface area (Å²) < 4.78 is 10.5. The summed E-state index contributed by atoms with van der Waals surface area (Å²) in [6.07, 6.45) is -0.545. The smallest absolute Gasteiger partial charge is 0.193 e. The van der Waals surface area contributed by atoms with Crippen molar-refractivity contribution in [2.75, 3.05) is 51.8 Å². The Kier molecular flexibility index (Phi) is 9.22. The SMILES string of the molecule is COc1ccccc1NC(N)=NCC(O)CN1CCOCC1.I. The monoisotopic (exact) mass is 436 g/mol. The first kappa shape index (κ1) is 19.9. The number of ether oxygens (including phenoxy) is 2. The maximum absolute atomic E-state index is 10.0. The molecule has 0 spiro atoms. The van der Waals surface area contributed by atoms with Crippen LogP contribution in [0.15, 0.2) is 29.3 Å². The number of nitrogens with zero attached hydrogens (tertiary/aromatic N) is 2. The zero-order chi connectivity index (χ0) is 15.8. The molecule has 4 N–H and O–H groups in total. The summed E-state index contributed by atoms with van der Waals surface area (Å²) >= 11 is 0. The van der Waals surface area contributed by atoms with Crippen LogP contribution in [0.1, 0.15) is 0 Å². The zero-order valence-corrected chi connectivity index (χ0v) is 15.6. The van der Waals surface area contributed by atoms with Crippen LogP contribution in [0.3, 0.4) is 0 Å². The molecule has 1 saturated heterocycles. The van der Waals surface area contributed by atoms with Gasteiger partial charge in [-0.3, -0.25) is 9.89 Å². The predicted octanol–water partition coefficient (Wildman–Crippen LogP) is 0.733. The van der Waals surface area contributed by atoms with Gasteiger partial charge in [0.05, 0.1) is 38.7 Å². The average Bonchev–Trinajstić information content (AvgIpc) is 2.54. The van der Waals surface area contributed by atoms with Gasteiger partial charge in [-0.2, -0.15) is 0 Å². The minimum atomic E-state index is -0.545. The van der Waals surface area contributed by atoms with Crippen LogP contribution >= 0.6 is 24.0 Å². The maximum Gasteiger partial charge on any atom is 0.193 e. The highest BCUT2D eigenvalue weighted by Gasteiger charge is 2.14. The lowest BCUT2D eigenvalue weighted by Gasteiger charge is -2.28. The molecule has 2 rings (SSSR count). The molecule has 1 aliphatic heterocycles. The molecular formula is C15H25IN4O3. The van der Waals surface area contributed by atoms with Gasteiger partial charge in [0, 0.05) is 19.6 Å². The molecule has 1 aliphatic rings. The standard InChI is InChI=1S/C15H24N4O3.HI/c1-21-14-5-3-2-4-13(14)18-15(16)17-10-12(20)11-19-6-8-22-9-7-19;/h2-5,12,20H,6-11H2,1H3,(H3,16,17,18);1H. The quantitative estimate of drug-likeness (QED) is 0.346. The van der Waals surface area contributed by atoms with Crippen LogP contribution in [0.2, 0.25) is 0 Å². The Bertz CT molecular complexity index is 495. The van der Waals surface area contributed by atoms with Gasteiger partial charge in [-0.05, 0) is 12.1 Å². The molecule has 1 aromatic carbocycles. The Balaban J connectivity index is 0.00000264. The van der Waals surface area contributed by atoms with Gasteiger partial charge in [-0.25, -0.2) is 0 Å². The fourth-order valence-electron chi connectivity index (χ4n) is 2.27. The number of aliphatic hydroxyl groups excluding tert-OH is 1. The van der Waals surface area contributed by atoms with Gasteiger partial charge < -0.3 is 25.6 Å². The Morgan fingerprint density at radius 2 is 2.13 bits per heavy atom. The van der Waals surface area contributed by atoms with E-state index in [9.17, 15) is 5.11 Å². The largest absolute Gasteiger partial charge is 0.495 e. The lowest BCUT2D eigenvalue weighted by Crippen LogP contribution is -2.42. The molecule has 0 bridgehead atoms. The summed E-state index contributed by atoms with van der Waals surface area (Å²) in [4.78, 5) is 6.34. The van der Waals surface area contributed by atoms with Crippen molar-refractivity contribution in [3.05, 3.63) is 24.3 Å². The van der Waals surface area contributed by atoms with Crippen molar-refractivity contribution in [3.8, 4) is 5.75 Å². The molecule has 0 radical (unpaired) electrons. The number of β-amino-alcohol motifs (C(OH)–C–C–N with tert-alkyl or cyclic N) is 1. The first-order valence-electron chi connectivity index (χ1n) is 7.37. The third kappa shape index (κ3) is 6.90. The highest BCUT2D eigenvalue weighted by Crippen LogP contribution is 2.22. The molecule has 130 valence electrons. The van der Waals surface area contributed by atoms with Crippen molar-refractivity contribution < 1.29 is 14.6 Å². The Morgan fingerprint density at radius 3 is 2.83 bits per heavy atom. The maximum atomic E-state index is 10.0. The minimum Gasteiger partial charge on any atom is -0.495 e. The highest BCUT2D eigenvalue weighted by atomic mass is 127. The molecular weight excluding hydrogens is 411 g/mol. The van der Waals surface area contributed by atoms with E-state index in [4.69, 9.17) is 15.2 Å². The van der Waals surface area contributed by atoms with Crippen LogP contribution in [-0.2, 0) is 4.74 Å². The van der Waals surface area contributed by atoms with Gasteiger partial charge in [0.15, 0.2) is 5.96 Å². The molecule has 1 fully saturated rings. The van der Waals surface area contributed by atoms with Crippen LogP contribution < -0.4 is 15.8 Å². The van der Waals surface area contributed by atoms with Crippen LogP contribution in [0.25, 0.3) is 0 Å². The number of hydrogen-bond donors (Lipinski definition) is 3. The summed E-state index contributed by atoms with van der Waals surface area (Å²) in [6.45, 7) is 3.95. The van der Waals surface area contributed by atoms with Crippen molar-refractivity contribution in [1.29, 1.82) is 0 Å². The zero-order valence-electron chi connectivity index (χ0n) is 13.3. The Labute approximate surface area is 153 Å². The first-order valence-corrected chi connectivity index (χ1v) is 7.37. The van der Waals surface area contributed by atoms with E-state index in [1.165, 1.54) is 0 Å². The van der Waals surface area contributed by atoms with E-state index in [0.29, 0.717) is 25.5 Å². The van der Waals surface area contributed by atoms with Gasteiger partial charge >= 0.3 is 0 Å². The molecule has 7 nitrogen and oxygen atoms in total. The predicted molar refractivity (Wildman–Crippen MR) is 102 cm³/mol. The van der Waals surface area contributed by atoms with Crippen molar-refractivity contribution >= 4 is 35.6 Å². The number of nitrogens with one attached hydrogen (secondary N) is 1. The number of para-hydroxylation sites is 2. The number of nitrogens with two attached hydrogens (primary N) is 1. The lowest BCUT2D eigenvalue weighted by atomic mass is 10.3. The third-order valence-corrected chi connectivity index (χ3v) is 3.41. The second-order valence-electron chi connectivity index (χ2n) is 5.12. The minimum absolute atomic E-state index is 0. The number of guanidine groups is 1. The highest BCUT2D eigenvalue weighted by molar-refractivity contribution is 14.0. The van der Waals surface area contributed by atoms with Crippen LogP contribution in [-0.4, -0.2) is 68.6 Å². The molecule has 0 amide bonds. The fourth-order valence-corrected chi connectivity index (χ4v) is 2.27. The van der Waals surface area contributed by atoms with E-state index >= 15 is 0 Å². The number of aliphatic hydroxyl groups is 1. The van der Waals surface area contributed by atoms with E-state index < -0.39 is 6.10 Å². The molecule has 0 aliphatic carbocycles. The molecule has 23 heavy (non-hydrogen) atoms. The van der Waals surface area contributed by atoms with Gasteiger partial charge in [0.2, 0.25) is 0 Å². The van der Waals surface area contributed by atoms with Crippen molar-refractivity contribution in [3.63, 3.8) is 0 Å². The van der Waals surface area contributed by atoms with Gasteiger partial charge in [-0.1, -0.05) is 12.1 Å². The molecule has 0 aromatic heterocycles.